The monoisotopic (exact) mass is 243 g/mol. The van der Waals surface area contributed by atoms with Crippen LogP contribution in [-0.2, 0) is 10.2 Å². The SMILES string of the molecule is CC(C)CNc1cccc(NS(N)(=O)=O)c1. The molecule has 4 N–H and O–H groups in total. The summed E-state index contributed by atoms with van der Waals surface area (Å²) < 4.78 is 23.9. The minimum atomic E-state index is -3.70. The van der Waals surface area contributed by atoms with E-state index in [2.05, 4.69) is 23.9 Å². The minimum absolute atomic E-state index is 0.455. The molecular formula is C10H17N3O2S. The van der Waals surface area contributed by atoms with Crippen molar-refractivity contribution < 1.29 is 8.42 Å². The largest absolute Gasteiger partial charge is 0.385 e. The summed E-state index contributed by atoms with van der Waals surface area (Å²) in [5, 5.41) is 8.08. The minimum Gasteiger partial charge on any atom is -0.385 e. The van der Waals surface area contributed by atoms with Crippen LogP contribution in [0.1, 0.15) is 13.8 Å². The quantitative estimate of drug-likeness (QED) is 0.730. The lowest BCUT2D eigenvalue weighted by Gasteiger charge is -2.10. The lowest BCUT2D eigenvalue weighted by atomic mass is 10.2. The van der Waals surface area contributed by atoms with E-state index in [0.29, 0.717) is 11.6 Å². The average molecular weight is 243 g/mol. The Morgan fingerprint density at radius 3 is 2.50 bits per heavy atom. The van der Waals surface area contributed by atoms with Gasteiger partial charge in [0, 0.05) is 12.2 Å². The van der Waals surface area contributed by atoms with Gasteiger partial charge in [-0.3, -0.25) is 4.72 Å². The van der Waals surface area contributed by atoms with Gasteiger partial charge in [0.2, 0.25) is 0 Å². The number of hydrogen-bond donors (Lipinski definition) is 3. The van der Waals surface area contributed by atoms with Gasteiger partial charge in [0.1, 0.15) is 0 Å². The van der Waals surface area contributed by atoms with Crippen LogP contribution >= 0.6 is 0 Å². The summed E-state index contributed by atoms with van der Waals surface area (Å²) in [6, 6.07) is 6.98. The van der Waals surface area contributed by atoms with Crippen LogP contribution in [0.15, 0.2) is 24.3 Å². The van der Waals surface area contributed by atoms with Crippen molar-refractivity contribution >= 4 is 21.6 Å². The van der Waals surface area contributed by atoms with Crippen LogP contribution in [0.3, 0.4) is 0 Å². The molecule has 0 aliphatic heterocycles. The first-order valence-electron chi connectivity index (χ1n) is 5.01. The summed E-state index contributed by atoms with van der Waals surface area (Å²) in [4.78, 5) is 0. The fourth-order valence-corrected chi connectivity index (χ4v) is 1.63. The Morgan fingerprint density at radius 1 is 1.31 bits per heavy atom. The van der Waals surface area contributed by atoms with E-state index in [1.807, 2.05) is 6.07 Å². The van der Waals surface area contributed by atoms with Crippen molar-refractivity contribution in [3.63, 3.8) is 0 Å². The van der Waals surface area contributed by atoms with Crippen LogP contribution < -0.4 is 15.2 Å². The topological polar surface area (TPSA) is 84.2 Å². The van der Waals surface area contributed by atoms with Gasteiger partial charge in [-0.15, -0.1) is 0 Å². The Kier molecular flexibility index (Phi) is 4.14. The summed E-state index contributed by atoms with van der Waals surface area (Å²) in [7, 11) is -3.70. The fourth-order valence-electron chi connectivity index (χ4n) is 1.18. The zero-order valence-electron chi connectivity index (χ0n) is 9.40. The molecule has 1 aromatic rings. The molecule has 90 valence electrons. The second kappa shape index (κ2) is 5.18. The van der Waals surface area contributed by atoms with E-state index < -0.39 is 10.2 Å². The Hall–Kier alpha value is -1.27. The van der Waals surface area contributed by atoms with E-state index in [-0.39, 0.29) is 0 Å². The number of nitrogens with two attached hydrogens (primary N) is 1. The van der Waals surface area contributed by atoms with E-state index in [9.17, 15) is 8.42 Å². The molecule has 0 aliphatic carbocycles. The van der Waals surface area contributed by atoms with Crippen molar-refractivity contribution in [3.8, 4) is 0 Å². The molecule has 1 rings (SSSR count). The van der Waals surface area contributed by atoms with Gasteiger partial charge in [-0.05, 0) is 24.1 Å². The van der Waals surface area contributed by atoms with Crippen molar-refractivity contribution in [3.05, 3.63) is 24.3 Å². The average Bonchev–Trinajstić information content (AvgIpc) is 2.12. The summed E-state index contributed by atoms with van der Waals surface area (Å²) in [6.45, 7) is 5.03. The summed E-state index contributed by atoms with van der Waals surface area (Å²) >= 11 is 0. The van der Waals surface area contributed by atoms with Gasteiger partial charge in [0.05, 0.1) is 5.69 Å². The maximum atomic E-state index is 10.8. The molecule has 6 heteroatoms. The fraction of sp³-hybridized carbons (Fsp3) is 0.400. The predicted octanol–water partition coefficient (Wildman–Crippen LogP) is 1.37. The molecule has 0 amide bonds. The molecule has 5 nitrogen and oxygen atoms in total. The first-order chi connectivity index (χ1) is 7.37. The second-order valence-corrected chi connectivity index (χ2v) is 5.30. The zero-order valence-corrected chi connectivity index (χ0v) is 10.2. The number of anilines is 2. The molecule has 0 unspecified atom stereocenters. The molecule has 0 bridgehead atoms. The normalized spacial score (nSPS) is 11.5. The van der Waals surface area contributed by atoms with Gasteiger partial charge in [-0.2, -0.15) is 8.42 Å². The van der Waals surface area contributed by atoms with Crippen molar-refractivity contribution in [1.29, 1.82) is 0 Å². The van der Waals surface area contributed by atoms with Crippen molar-refractivity contribution in [2.24, 2.45) is 11.1 Å². The summed E-state index contributed by atoms with van der Waals surface area (Å²) in [6.07, 6.45) is 0. The highest BCUT2D eigenvalue weighted by molar-refractivity contribution is 7.90. The van der Waals surface area contributed by atoms with Crippen molar-refractivity contribution in [1.82, 2.24) is 0 Å². The molecule has 0 atom stereocenters. The molecule has 0 radical (unpaired) electrons. The van der Waals surface area contributed by atoms with Gasteiger partial charge in [-0.1, -0.05) is 19.9 Å². The van der Waals surface area contributed by atoms with E-state index in [1.165, 1.54) is 0 Å². The van der Waals surface area contributed by atoms with E-state index in [1.54, 1.807) is 18.2 Å². The molecule has 0 fully saturated rings. The second-order valence-electron chi connectivity index (χ2n) is 4.00. The first kappa shape index (κ1) is 12.8. The predicted molar refractivity (Wildman–Crippen MR) is 66.5 cm³/mol. The highest BCUT2D eigenvalue weighted by atomic mass is 32.2. The van der Waals surface area contributed by atoms with Crippen LogP contribution in [-0.4, -0.2) is 15.0 Å². The van der Waals surface area contributed by atoms with Gasteiger partial charge in [-0.25, -0.2) is 5.14 Å². The van der Waals surface area contributed by atoms with Crippen LogP contribution in [0.4, 0.5) is 11.4 Å². The van der Waals surface area contributed by atoms with E-state index >= 15 is 0 Å². The highest BCUT2D eigenvalue weighted by Crippen LogP contribution is 2.15. The lowest BCUT2D eigenvalue weighted by Crippen LogP contribution is -2.21. The van der Waals surface area contributed by atoms with Gasteiger partial charge in [0.25, 0.3) is 10.2 Å². The molecule has 0 aromatic heterocycles. The lowest BCUT2D eigenvalue weighted by molar-refractivity contribution is 0.603. The molecular weight excluding hydrogens is 226 g/mol. The van der Waals surface area contributed by atoms with Gasteiger partial charge >= 0.3 is 0 Å². The highest BCUT2D eigenvalue weighted by Gasteiger charge is 2.02. The number of hydrogen-bond acceptors (Lipinski definition) is 3. The van der Waals surface area contributed by atoms with Crippen LogP contribution in [0, 0.1) is 5.92 Å². The van der Waals surface area contributed by atoms with Gasteiger partial charge < -0.3 is 5.32 Å². The zero-order chi connectivity index (χ0) is 12.2. The summed E-state index contributed by atoms with van der Waals surface area (Å²) in [5.41, 5.74) is 1.32. The number of benzene rings is 1. The number of nitrogens with one attached hydrogen (secondary N) is 2. The Bertz CT molecular complexity index is 443. The van der Waals surface area contributed by atoms with Crippen molar-refractivity contribution in [2.45, 2.75) is 13.8 Å². The molecule has 0 spiro atoms. The van der Waals surface area contributed by atoms with Crippen LogP contribution in [0.5, 0.6) is 0 Å². The van der Waals surface area contributed by atoms with Crippen LogP contribution in [0.2, 0.25) is 0 Å². The molecule has 0 saturated carbocycles. The number of rotatable bonds is 5. The summed E-state index contributed by atoms with van der Waals surface area (Å²) in [5.74, 6) is 0.523. The van der Waals surface area contributed by atoms with E-state index in [0.717, 1.165) is 12.2 Å². The van der Waals surface area contributed by atoms with Gasteiger partial charge in [0.15, 0.2) is 0 Å². The van der Waals surface area contributed by atoms with Crippen LogP contribution in [0.25, 0.3) is 0 Å². The maximum Gasteiger partial charge on any atom is 0.296 e. The standard InChI is InChI=1S/C10H17N3O2S/c1-8(2)7-12-9-4-3-5-10(6-9)13-16(11,14)15/h3-6,8,12-13H,7H2,1-2H3,(H2,11,14,15). The molecule has 0 heterocycles. The smallest absolute Gasteiger partial charge is 0.296 e. The molecule has 1 aromatic carbocycles. The van der Waals surface area contributed by atoms with E-state index in [4.69, 9.17) is 5.14 Å². The molecule has 0 saturated heterocycles. The molecule has 16 heavy (non-hydrogen) atoms. The third-order valence-electron chi connectivity index (χ3n) is 1.84. The Balaban J connectivity index is 2.71. The third kappa shape index (κ3) is 4.99. The third-order valence-corrected chi connectivity index (χ3v) is 2.36. The maximum absolute atomic E-state index is 10.8. The first-order valence-corrected chi connectivity index (χ1v) is 6.56. The Morgan fingerprint density at radius 2 is 1.94 bits per heavy atom. The van der Waals surface area contributed by atoms with Crippen molar-refractivity contribution in [2.75, 3.05) is 16.6 Å². The molecule has 0 aliphatic rings. The Labute approximate surface area is 96.2 Å².